The number of rotatable bonds is 2. The van der Waals surface area contributed by atoms with Crippen LogP contribution in [0.4, 0.5) is 23.2 Å². The van der Waals surface area contributed by atoms with E-state index in [4.69, 9.17) is 0 Å². The number of carbonyl (C=O) groups is 1. The minimum atomic E-state index is -4.49. The van der Waals surface area contributed by atoms with Crippen LogP contribution in [0.2, 0.25) is 0 Å². The number of benzene rings is 2. The third-order valence-electron chi connectivity index (χ3n) is 2.62. The molecule has 110 valence electrons. The number of hydrogen-bond acceptors (Lipinski definition) is 1. The van der Waals surface area contributed by atoms with Gasteiger partial charge in [-0.25, -0.2) is 4.39 Å². The Morgan fingerprint density at radius 2 is 1.81 bits per heavy atom. The topological polar surface area (TPSA) is 29.1 Å². The largest absolute Gasteiger partial charge is 0.416 e. The number of amides is 1. The zero-order valence-corrected chi connectivity index (χ0v) is 11.9. The molecule has 0 heterocycles. The van der Waals surface area contributed by atoms with Gasteiger partial charge in [-0.05, 0) is 52.3 Å². The van der Waals surface area contributed by atoms with Crippen LogP contribution in [0.1, 0.15) is 15.9 Å². The van der Waals surface area contributed by atoms with Gasteiger partial charge in [-0.2, -0.15) is 13.2 Å². The highest BCUT2D eigenvalue weighted by molar-refractivity contribution is 9.10. The van der Waals surface area contributed by atoms with Gasteiger partial charge in [0.25, 0.3) is 5.91 Å². The van der Waals surface area contributed by atoms with Crippen LogP contribution in [0.25, 0.3) is 0 Å². The summed E-state index contributed by atoms with van der Waals surface area (Å²) in [5.74, 6) is -1.17. The monoisotopic (exact) mass is 361 g/mol. The molecule has 2 aromatic rings. The van der Waals surface area contributed by atoms with Crippen LogP contribution < -0.4 is 5.32 Å². The van der Waals surface area contributed by atoms with Gasteiger partial charge in [0.1, 0.15) is 5.82 Å². The fourth-order valence-corrected chi connectivity index (χ4v) is 2.18. The smallest absolute Gasteiger partial charge is 0.322 e. The third kappa shape index (κ3) is 3.81. The normalized spacial score (nSPS) is 11.3. The Bertz CT molecular complexity index is 685. The van der Waals surface area contributed by atoms with E-state index in [1.54, 1.807) is 0 Å². The maximum absolute atomic E-state index is 12.9. The van der Waals surface area contributed by atoms with Crippen molar-refractivity contribution in [1.29, 1.82) is 0 Å². The first-order valence-corrected chi connectivity index (χ1v) is 6.50. The van der Waals surface area contributed by atoms with Crippen molar-refractivity contribution in [3.8, 4) is 0 Å². The molecule has 2 aromatic carbocycles. The SMILES string of the molecule is O=C(Nc1cccc(C(F)(F)F)c1)c1ccc(F)cc1Br. The minimum Gasteiger partial charge on any atom is -0.322 e. The molecule has 0 aliphatic heterocycles. The van der Waals surface area contributed by atoms with Crippen molar-refractivity contribution in [2.45, 2.75) is 6.18 Å². The van der Waals surface area contributed by atoms with Crippen LogP contribution in [0.5, 0.6) is 0 Å². The second-order valence-electron chi connectivity index (χ2n) is 4.16. The van der Waals surface area contributed by atoms with Gasteiger partial charge >= 0.3 is 6.18 Å². The predicted octanol–water partition coefficient (Wildman–Crippen LogP) is 4.86. The van der Waals surface area contributed by atoms with Gasteiger partial charge in [-0.1, -0.05) is 6.07 Å². The summed E-state index contributed by atoms with van der Waals surface area (Å²) < 4.78 is 50.9. The lowest BCUT2D eigenvalue weighted by atomic mass is 10.1. The standard InChI is InChI=1S/C14H8BrF4NO/c15-12-7-9(16)4-5-11(12)13(21)20-10-3-1-2-8(6-10)14(17,18)19/h1-7H,(H,20,21). The van der Waals surface area contributed by atoms with Crippen LogP contribution in [0, 0.1) is 5.82 Å². The quantitative estimate of drug-likeness (QED) is 0.760. The summed E-state index contributed by atoms with van der Waals surface area (Å²) in [7, 11) is 0. The van der Waals surface area contributed by atoms with Crippen molar-refractivity contribution in [3.05, 3.63) is 63.9 Å². The van der Waals surface area contributed by atoms with E-state index in [0.717, 1.165) is 24.3 Å². The molecule has 1 amide bonds. The predicted molar refractivity (Wildman–Crippen MR) is 73.5 cm³/mol. The summed E-state index contributed by atoms with van der Waals surface area (Å²) >= 11 is 3.03. The van der Waals surface area contributed by atoms with Crippen LogP contribution >= 0.6 is 15.9 Å². The molecule has 0 aliphatic rings. The molecular formula is C14H8BrF4NO. The molecule has 0 fully saturated rings. The van der Waals surface area contributed by atoms with E-state index in [1.807, 2.05) is 0 Å². The van der Waals surface area contributed by atoms with Crippen LogP contribution in [-0.2, 0) is 6.18 Å². The molecule has 0 saturated carbocycles. The average Bonchev–Trinajstić information content (AvgIpc) is 2.37. The Hall–Kier alpha value is -1.89. The summed E-state index contributed by atoms with van der Waals surface area (Å²) in [6.45, 7) is 0. The maximum Gasteiger partial charge on any atom is 0.416 e. The van der Waals surface area contributed by atoms with Crippen LogP contribution in [-0.4, -0.2) is 5.91 Å². The van der Waals surface area contributed by atoms with Gasteiger partial charge in [0.15, 0.2) is 0 Å². The molecule has 0 aliphatic carbocycles. The van der Waals surface area contributed by atoms with Crippen molar-refractivity contribution in [2.75, 3.05) is 5.32 Å². The fourth-order valence-electron chi connectivity index (χ4n) is 1.65. The molecule has 0 spiro atoms. The van der Waals surface area contributed by atoms with Crippen molar-refractivity contribution in [1.82, 2.24) is 0 Å². The second-order valence-corrected chi connectivity index (χ2v) is 5.01. The Labute approximate surface area is 125 Å². The Kier molecular flexibility index (Phi) is 4.32. The lowest BCUT2D eigenvalue weighted by Gasteiger charge is -2.10. The molecule has 0 unspecified atom stereocenters. The zero-order valence-electron chi connectivity index (χ0n) is 10.3. The Balaban J connectivity index is 2.24. The highest BCUT2D eigenvalue weighted by atomic mass is 79.9. The highest BCUT2D eigenvalue weighted by Crippen LogP contribution is 2.31. The van der Waals surface area contributed by atoms with Gasteiger partial charge in [0, 0.05) is 10.2 Å². The van der Waals surface area contributed by atoms with E-state index in [-0.39, 0.29) is 15.7 Å². The van der Waals surface area contributed by atoms with E-state index in [9.17, 15) is 22.4 Å². The molecule has 1 N–H and O–H groups in total. The van der Waals surface area contributed by atoms with Crippen LogP contribution in [0.15, 0.2) is 46.9 Å². The molecule has 0 saturated heterocycles. The van der Waals surface area contributed by atoms with E-state index < -0.39 is 23.5 Å². The molecule has 2 nitrogen and oxygen atoms in total. The van der Waals surface area contributed by atoms with Gasteiger partial charge in [0.05, 0.1) is 11.1 Å². The lowest BCUT2D eigenvalue weighted by Crippen LogP contribution is -2.13. The van der Waals surface area contributed by atoms with Crippen molar-refractivity contribution < 1.29 is 22.4 Å². The first-order valence-electron chi connectivity index (χ1n) is 5.71. The minimum absolute atomic E-state index is 0.00560. The highest BCUT2D eigenvalue weighted by Gasteiger charge is 2.30. The molecule has 0 aromatic heterocycles. The zero-order chi connectivity index (χ0) is 15.6. The van der Waals surface area contributed by atoms with Gasteiger partial charge < -0.3 is 5.32 Å². The van der Waals surface area contributed by atoms with Gasteiger partial charge in [-0.3, -0.25) is 4.79 Å². The van der Waals surface area contributed by atoms with E-state index >= 15 is 0 Å². The van der Waals surface area contributed by atoms with Crippen molar-refractivity contribution in [2.24, 2.45) is 0 Å². The molecule has 0 bridgehead atoms. The van der Waals surface area contributed by atoms with E-state index in [2.05, 4.69) is 21.2 Å². The third-order valence-corrected chi connectivity index (χ3v) is 3.28. The maximum atomic E-state index is 12.9. The first kappa shape index (κ1) is 15.5. The number of anilines is 1. The number of hydrogen-bond donors (Lipinski definition) is 1. The fraction of sp³-hybridized carbons (Fsp3) is 0.0714. The van der Waals surface area contributed by atoms with Crippen molar-refractivity contribution >= 4 is 27.5 Å². The van der Waals surface area contributed by atoms with Gasteiger partial charge in [-0.15, -0.1) is 0 Å². The molecule has 21 heavy (non-hydrogen) atoms. The molecule has 0 radical (unpaired) electrons. The number of nitrogens with one attached hydrogen (secondary N) is 1. The number of halogens is 5. The van der Waals surface area contributed by atoms with Gasteiger partial charge in [0.2, 0.25) is 0 Å². The second kappa shape index (κ2) is 5.85. The molecule has 2 rings (SSSR count). The number of carbonyl (C=O) groups excluding carboxylic acids is 1. The molecule has 0 atom stereocenters. The molecular weight excluding hydrogens is 354 g/mol. The van der Waals surface area contributed by atoms with E-state index in [1.165, 1.54) is 18.2 Å². The van der Waals surface area contributed by atoms with Crippen LogP contribution in [0.3, 0.4) is 0 Å². The summed E-state index contributed by atoms with van der Waals surface area (Å²) in [5, 5.41) is 2.34. The average molecular weight is 362 g/mol. The number of alkyl halides is 3. The van der Waals surface area contributed by atoms with Crippen molar-refractivity contribution in [3.63, 3.8) is 0 Å². The summed E-state index contributed by atoms with van der Waals surface area (Å²) in [6.07, 6.45) is -4.49. The summed E-state index contributed by atoms with van der Waals surface area (Å²) in [4.78, 5) is 12.0. The lowest BCUT2D eigenvalue weighted by molar-refractivity contribution is -0.137. The summed E-state index contributed by atoms with van der Waals surface area (Å²) in [6, 6.07) is 7.69. The Morgan fingerprint density at radius 3 is 2.43 bits per heavy atom. The summed E-state index contributed by atoms with van der Waals surface area (Å²) in [5.41, 5.74) is -0.738. The Morgan fingerprint density at radius 1 is 1.10 bits per heavy atom. The molecule has 7 heteroatoms. The van der Waals surface area contributed by atoms with E-state index in [0.29, 0.717) is 0 Å². The first-order chi connectivity index (χ1) is 9.77.